The normalized spacial score (nSPS) is 9.80. The van der Waals surface area contributed by atoms with Crippen molar-refractivity contribution in [1.29, 1.82) is 5.26 Å². The van der Waals surface area contributed by atoms with E-state index in [2.05, 4.69) is 5.32 Å². The van der Waals surface area contributed by atoms with Crippen LogP contribution < -0.4 is 5.32 Å². The molecule has 4 heteroatoms. The molecule has 100 valence electrons. The molecule has 0 saturated carbocycles. The first-order valence-electron chi connectivity index (χ1n) is 6.18. The predicted octanol–water partition coefficient (Wildman–Crippen LogP) is 2.56. The van der Waals surface area contributed by atoms with Crippen molar-refractivity contribution < 1.29 is 9.18 Å². The van der Waals surface area contributed by atoms with Gasteiger partial charge in [-0.15, -0.1) is 0 Å². The maximum Gasteiger partial charge on any atom is 0.224 e. The van der Waals surface area contributed by atoms with Crippen molar-refractivity contribution in [2.24, 2.45) is 0 Å². The monoisotopic (exact) mass is 268 g/mol. The van der Waals surface area contributed by atoms with E-state index in [1.165, 1.54) is 18.2 Å². The van der Waals surface area contributed by atoms with Crippen LogP contribution in [0.5, 0.6) is 0 Å². The fourth-order valence-electron chi connectivity index (χ4n) is 1.80. The summed E-state index contributed by atoms with van der Waals surface area (Å²) in [5.74, 6) is -0.649. The van der Waals surface area contributed by atoms with Crippen LogP contribution in [0.25, 0.3) is 0 Å². The summed E-state index contributed by atoms with van der Waals surface area (Å²) in [5.41, 5.74) is 1.54. The highest BCUT2D eigenvalue weighted by atomic mass is 19.1. The Morgan fingerprint density at radius 2 is 1.95 bits per heavy atom. The summed E-state index contributed by atoms with van der Waals surface area (Å²) < 4.78 is 13.6. The van der Waals surface area contributed by atoms with E-state index in [9.17, 15) is 9.18 Å². The Labute approximate surface area is 116 Å². The number of carbonyl (C=O) groups is 1. The van der Waals surface area contributed by atoms with E-state index < -0.39 is 5.82 Å². The number of carbonyl (C=O) groups excluding carboxylic acids is 1. The first-order chi connectivity index (χ1) is 9.69. The molecule has 0 heterocycles. The molecule has 2 aromatic carbocycles. The van der Waals surface area contributed by atoms with Gasteiger partial charge in [-0.05, 0) is 17.7 Å². The molecule has 0 saturated heterocycles. The highest BCUT2D eigenvalue weighted by molar-refractivity contribution is 5.78. The Morgan fingerprint density at radius 3 is 2.60 bits per heavy atom. The topological polar surface area (TPSA) is 52.9 Å². The van der Waals surface area contributed by atoms with Crippen LogP contribution in [0, 0.1) is 17.1 Å². The fourth-order valence-corrected chi connectivity index (χ4v) is 1.80. The van der Waals surface area contributed by atoms with Gasteiger partial charge < -0.3 is 5.32 Å². The van der Waals surface area contributed by atoms with Gasteiger partial charge in [-0.25, -0.2) is 4.39 Å². The van der Waals surface area contributed by atoms with Gasteiger partial charge in [-0.1, -0.05) is 36.4 Å². The number of amides is 1. The molecule has 0 aliphatic carbocycles. The van der Waals surface area contributed by atoms with Gasteiger partial charge in [0.1, 0.15) is 5.82 Å². The lowest BCUT2D eigenvalue weighted by molar-refractivity contribution is -0.120. The third kappa shape index (κ3) is 3.66. The molecule has 0 unspecified atom stereocenters. The average molecular weight is 268 g/mol. The summed E-state index contributed by atoms with van der Waals surface area (Å²) in [6.45, 7) is 0.114. The van der Waals surface area contributed by atoms with E-state index in [0.717, 1.165) is 5.56 Å². The highest BCUT2D eigenvalue weighted by Crippen LogP contribution is 2.09. The third-order valence-electron chi connectivity index (χ3n) is 2.87. The van der Waals surface area contributed by atoms with E-state index in [1.54, 1.807) is 0 Å². The van der Waals surface area contributed by atoms with E-state index in [0.29, 0.717) is 5.56 Å². The quantitative estimate of drug-likeness (QED) is 0.926. The van der Waals surface area contributed by atoms with Gasteiger partial charge in [-0.3, -0.25) is 4.79 Å². The average Bonchev–Trinajstić information content (AvgIpc) is 2.47. The third-order valence-corrected chi connectivity index (χ3v) is 2.87. The summed E-state index contributed by atoms with van der Waals surface area (Å²) in [5, 5.41) is 11.3. The van der Waals surface area contributed by atoms with Crippen molar-refractivity contribution >= 4 is 5.91 Å². The Kier molecular flexibility index (Phi) is 4.46. The highest BCUT2D eigenvalue weighted by Gasteiger charge is 2.06. The second-order valence-electron chi connectivity index (χ2n) is 4.36. The molecular formula is C16H13FN2O. The van der Waals surface area contributed by atoms with Gasteiger partial charge in [0.05, 0.1) is 18.1 Å². The number of rotatable bonds is 4. The van der Waals surface area contributed by atoms with E-state index in [1.807, 2.05) is 36.4 Å². The number of nitriles is 1. The minimum absolute atomic E-state index is 0.114. The van der Waals surface area contributed by atoms with Gasteiger partial charge in [0, 0.05) is 12.1 Å². The standard InChI is InChI=1S/C16H13FN2O/c17-15-8-13(10-18)6-7-14(15)11-19-16(20)9-12-4-2-1-3-5-12/h1-8H,9,11H2,(H,19,20). The van der Waals surface area contributed by atoms with Crippen molar-refractivity contribution in [2.45, 2.75) is 13.0 Å². The van der Waals surface area contributed by atoms with Crippen LogP contribution in [0.2, 0.25) is 0 Å². The Morgan fingerprint density at radius 1 is 1.20 bits per heavy atom. The van der Waals surface area contributed by atoms with E-state index in [4.69, 9.17) is 5.26 Å². The lowest BCUT2D eigenvalue weighted by Crippen LogP contribution is -2.25. The van der Waals surface area contributed by atoms with Crippen LogP contribution >= 0.6 is 0 Å². The lowest BCUT2D eigenvalue weighted by Gasteiger charge is -2.06. The fraction of sp³-hybridized carbons (Fsp3) is 0.125. The lowest BCUT2D eigenvalue weighted by atomic mass is 10.1. The number of nitrogens with one attached hydrogen (secondary N) is 1. The number of hydrogen-bond donors (Lipinski definition) is 1. The van der Waals surface area contributed by atoms with E-state index in [-0.39, 0.29) is 24.4 Å². The van der Waals surface area contributed by atoms with Gasteiger partial charge in [0.2, 0.25) is 5.91 Å². The van der Waals surface area contributed by atoms with Crippen LogP contribution in [-0.2, 0) is 17.8 Å². The minimum Gasteiger partial charge on any atom is -0.352 e. The summed E-state index contributed by atoms with van der Waals surface area (Å²) in [6.07, 6.45) is 0.263. The van der Waals surface area contributed by atoms with Crippen molar-refractivity contribution in [3.05, 3.63) is 71.0 Å². The van der Waals surface area contributed by atoms with Crippen molar-refractivity contribution in [3.8, 4) is 6.07 Å². The van der Waals surface area contributed by atoms with Crippen LogP contribution in [0.4, 0.5) is 4.39 Å². The molecule has 2 rings (SSSR count). The van der Waals surface area contributed by atoms with Crippen molar-refractivity contribution in [2.75, 3.05) is 0 Å². The summed E-state index contributed by atoms with van der Waals surface area (Å²) in [7, 11) is 0. The van der Waals surface area contributed by atoms with Gasteiger partial charge in [0.25, 0.3) is 0 Å². The van der Waals surface area contributed by atoms with Crippen LogP contribution in [0.1, 0.15) is 16.7 Å². The Balaban J connectivity index is 1.92. The molecule has 0 aliphatic rings. The molecule has 0 radical (unpaired) electrons. The second-order valence-corrected chi connectivity index (χ2v) is 4.36. The van der Waals surface area contributed by atoms with Gasteiger partial charge in [0.15, 0.2) is 0 Å². The molecule has 20 heavy (non-hydrogen) atoms. The molecule has 0 fully saturated rings. The SMILES string of the molecule is N#Cc1ccc(CNC(=O)Cc2ccccc2)c(F)c1. The molecule has 0 bridgehead atoms. The first-order valence-corrected chi connectivity index (χ1v) is 6.18. The molecule has 0 spiro atoms. The zero-order valence-electron chi connectivity index (χ0n) is 10.8. The molecule has 0 aliphatic heterocycles. The number of hydrogen-bond acceptors (Lipinski definition) is 2. The second kappa shape index (κ2) is 6.48. The van der Waals surface area contributed by atoms with Gasteiger partial charge in [-0.2, -0.15) is 5.26 Å². The van der Waals surface area contributed by atoms with E-state index >= 15 is 0 Å². The van der Waals surface area contributed by atoms with Crippen LogP contribution in [-0.4, -0.2) is 5.91 Å². The number of halogens is 1. The molecule has 1 N–H and O–H groups in total. The summed E-state index contributed by atoms with van der Waals surface area (Å²) in [6, 6.07) is 15.4. The Bertz CT molecular complexity index is 647. The van der Waals surface area contributed by atoms with Crippen LogP contribution in [0.3, 0.4) is 0 Å². The number of benzene rings is 2. The smallest absolute Gasteiger partial charge is 0.224 e. The maximum atomic E-state index is 13.6. The first kappa shape index (κ1) is 13.8. The van der Waals surface area contributed by atoms with Crippen molar-refractivity contribution in [3.63, 3.8) is 0 Å². The Hall–Kier alpha value is -2.67. The summed E-state index contributed by atoms with van der Waals surface area (Å²) >= 11 is 0. The summed E-state index contributed by atoms with van der Waals surface area (Å²) in [4.78, 5) is 11.7. The maximum absolute atomic E-state index is 13.6. The largest absolute Gasteiger partial charge is 0.352 e. The molecule has 0 aromatic heterocycles. The molecule has 3 nitrogen and oxygen atoms in total. The zero-order valence-corrected chi connectivity index (χ0v) is 10.8. The predicted molar refractivity (Wildman–Crippen MR) is 73.1 cm³/mol. The van der Waals surface area contributed by atoms with Crippen molar-refractivity contribution in [1.82, 2.24) is 5.32 Å². The molecule has 2 aromatic rings. The van der Waals surface area contributed by atoms with Gasteiger partial charge >= 0.3 is 0 Å². The molecule has 0 atom stereocenters. The number of nitrogens with zero attached hydrogens (tertiary/aromatic N) is 1. The molecular weight excluding hydrogens is 255 g/mol. The molecule has 1 amide bonds. The van der Waals surface area contributed by atoms with Crippen LogP contribution in [0.15, 0.2) is 48.5 Å². The minimum atomic E-state index is -0.482. The zero-order chi connectivity index (χ0) is 14.4.